The summed E-state index contributed by atoms with van der Waals surface area (Å²) in [5, 5.41) is 0. The normalized spacial score (nSPS) is 15.6. The van der Waals surface area contributed by atoms with Crippen LogP contribution < -0.4 is 9.47 Å². The van der Waals surface area contributed by atoms with E-state index >= 15 is 0 Å². The minimum Gasteiger partial charge on any atom is -0.741 e. The van der Waals surface area contributed by atoms with Crippen molar-refractivity contribution in [2.75, 3.05) is 13.3 Å². The van der Waals surface area contributed by atoms with E-state index in [9.17, 15) is 13.2 Å². The Bertz CT molecular complexity index is 1460. The summed E-state index contributed by atoms with van der Waals surface area (Å²) in [6, 6.07) is 25.0. The summed E-state index contributed by atoms with van der Waals surface area (Å²) in [4.78, 5) is 0. The quantitative estimate of drug-likeness (QED) is 0.211. The molecule has 0 fully saturated rings. The third kappa shape index (κ3) is 6.05. The van der Waals surface area contributed by atoms with Crippen molar-refractivity contribution < 1.29 is 40.2 Å². The highest BCUT2D eigenvalue weighted by molar-refractivity contribution is 7.86. The molecular formula is C26H20F3NO5S. The number of hydrogen-bond acceptors (Lipinski definition) is 5. The van der Waals surface area contributed by atoms with E-state index in [1.54, 1.807) is 0 Å². The number of hydrogen-bond donors (Lipinski definition) is 0. The lowest BCUT2D eigenvalue weighted by atomic mass is 9.99. The zero-order chi connectivity index (χ0) is 25.8. The molecule has 0 radical (unpaired) electrons. The van der Waals surface area contributed by atoms with Gasteiger partial charge in [-0.25, -0.2) is 13.0 Å². The minimum absolute atomic E-state index is 0.279. The second-order valence-electron chi connectivity index (χ2n) is 7.87. The van der Waals surface area contributed by atoms with Gasteiger partial charge in [0.2, 0.25) is 6.79 Å². The van der Waals surface area contributed by atoms with Gasteiger partial charge in [0.05, 0.1) is 5.56 Å². The van der Waals surface area contributed by atoms with Crippen LogP contribution in [0.2, 0.25) is 0 Å². The third-order valence-corrected chi connectivity index (χ3v) is 6.04. The highest BCUT2D eigenvalue weighted by Gasteiger charge is 2.37. The molecule has 3 aromatic carbocycles. The predicted molar refractivity (Wildman–Crippen MR) is 125 cm³/mol. The molecule has 0 saturated heterocycles. The van der Waals surface area contributed by atoms with E-state index in [0.717, 1.165) is 47.8 Å². The maximum atomic E-state index is 10.7. The number of ether oxygens (including phenoxy) is 2. The van der Waals surface area contributed by atoms with Gasteiger partial charge in [-0.2, -0.15) is 13.2 Å². The topological polar surface area (TPSA) is 78.7 Å². The molecule has 6 nitrogen and oxygen atoms in total. The smallest absolute Gasteiger partial charge is 0.485 e. The van der Waals surface area contributed by atoms with Crippen LogP contribution in [0.3, 0.4) is 0 Å². The van der Waals surface area contributed by atoms with Crippen LogP contribution in [0.15, 0.2) is 72.8 Å². The van der Waals surface area contributed by atoms with Crippen molar-refractivity contribution in [3.63, 3.8) is 0 Å². The first-order valence-electron chi connectivity index (χ1n) is 10.8. The van der Waals surface area contributed by atoms with Gasteiger partial charge in [-0.3, -0.25) is 0 Å². The van der Waals surface area contributed by atoms with Crippen LogP contribution in [0.5, 0.6) is 11.5 Å². The van der Waals surface area contributed by atoms with Gasteiger partial charge in [-0.15, -0.1) is 0 Å². The first-order valence-corrected chi connectivity index (χ1v) is 12.2. The average molecular weight is 516 g/mol. The van der Waals surface area contributed by atoms with E-state index in [-0.39, 0.29) is 6.79 Å². The second kappa shape index (κ2) is 10.4. The van der Waals surface area contributed by atoms with E-state index in [1.165, 1.54) is 11.1 Å². The van der Waals surface area contributed by atoms with E-state index in [0.29, 0.717) is 0 Å². The van der Waals surface area contributed by atoms with Crippen molar-refractivity contribution in [3.05, 3.63) is 95.1 Å². The molecule has 0 saturated carbocycles. The SMILES string of the molecule is C(#Cc1ccc2c(c1)OCO2)C(c1ccccc1)=[N+]1CCc2ccccc2C1.O=S(=O)([O-])C(F)(F)F. The molecule has 0 N–H and O–H groups in total. The average Bonchev–Trinajstić information content (AvgIpc) is 3.32. The highest BCUT2D eigenvalue weighted by Crippen LogP contribution is 2.32. The fraction of sp³-hybridized carbons (Fsp3) is 0.192. The van der Waals surface area contributed by atoms with Gasteiger partial charge in [0.15, 0.2) is 28.2 Å². The van der Waals surface area contributed by atoms with Crippen molar-refractivity contribution in [2.24, 2.45) is 0 Å². The summed E-state index contributed by atoms with van der Waals surface area (Å²) in [6.45, 7) is 2.13. The van der Waals surface area contributed by atoms with Gasteiger partial charge < -0.3 is 14.0 Å². The Kier molecular flexibility index (Phi) is 7.33. The number of rotatable bonds is 1. The number of fused-ring (bicyclic) bond motifs is 2. The molecule has 2 aliphatic heterocycles. The molecule has 36 heavy (non-hydrogen) atoms. The zero-order valence-electron chi connectivity index (χ0n) is 18.8. The molecule has 2 heterocycles. The van der Waals surface area contributed by atoms with E-state index in [2.05, 4.69) is 64.9 Å². The van der Waals surface area contributed by atoms with Crippen molar-refractivity contribution in [1.29, 1.82) is 0 Å². The van der Waals surface area contributed by atoms with Crippen LogP contribution in [0.4, 0.5) is 13.2 Å². The Labute approximate surface area is 206 Å². The molecule has 0 unspecified atom stereocenters. The standard InChI is InChI=1S/C25H20NO2.CHF3O3S/c1-2-7-21(8-3-1)23(26-15-14-20-6-4-5-9-22(20)17-26)12-10-19-11-13-24-25(16-19)28-18-27-24;2-1(3,4)8(5,6)7/h1-9,11,13,16H,14-15,17-18H2;(H,5,6,7)/q+1;/p-1. The van der Waals surface area contributed by atoms with Crippen LogP contribution in [0.25, 0.3) is 0 Å². The van der Waals surface area contributed by atoms with Crippen LogP contribution in [-0.2, 0) is 23.1 Å². The maximum Gasteiger partial charge on any atom is 0.485 e. The monoisotopic (exact) mass is 515 g/mol. The van der Waals surface area contributed by atoms with Crippen LogP contribution in [0, 0.1) is 11.8 Å². The number of benzene rings is 3. The molecular weight excluding hydrogens is 495 g/mol. The molecule has 0 atom stereocenters. The van der Waals surface area contributed by atoms with Crippen molar-refractivity contribution in [1.82, 2.24) is 0 Å². The van der Waals surface area contributed by atoms with Gasteiger partial charge in [0, 0.05) is 23.5 Å². The summed E-state index contributed by atoms with van der Waals surface area (Å²) in [6.07, 6.45) is 1.04. The Hall–Kier alpha value is -3.81. The van der Waals surface area contributed by atoms with Gasteiger partial charge >= 0.3 is 5.51 Å². The lowest BCUT2D eigenvalue weighted by Gasteiger charge is -2.16. The van der Waals surface area contributed by atoms with E-state index < -0.39 is 15.6 Å². The fourth-order valence-electron chi connectivity index (χ4n) is 3.72. The number of alkyl halides is 3. The van der Waals surface area contributed by atoms with Gasteiger partial charge in [-0.1, -0.05) is 48.4 Å². The zero-order valence-corrected chi connectivity index (χ0v) is 19.6. The molecule has 0 amide bonds. The summed E-state index contributed by atoms with van der Waals surface area (Å²) in [5.74, 6) is 8.32. The van der Waals surface area contributed by atoms with Crippen LogP contribution in [0.1, 0.15) is 22.3 Å². The fourth-order valence-corrected chi connectivity index (χ4v) is 3.72. The molecule has 3 aromatic rings. The highest BCUT2D eigenvalue weighted by atomic mass is 32.2. The Morgan fingerprint density at radius 2 is 1.56 bits per heavy atom. The lowest BCUT2D eigenvalue weighted by molar-refractivity contribution is -0.545. The number of halogens is 3. The largest absolute Gasteiger partial charge is 0.741 e. The van der Waals surface area contributed by atoms with Crippen molar-refractivity contribution in [3.8, 4) is 23.3 Å². The summed E-state index contributed by atoms with van der Waals surface area (Å²) < 4.78 is 72.2. The van der Waals surface area contributed by atoms with Gasteiger partial charge in [0.25, 0.3) is 5.71 Å². The summed E-state index contributed by atoms with van der Waals surface area (Å²) in [5.41, 5.74) is 0.312. The van der Waals surface area contributed by atoms with Gasteiger partial charge in [-0.05, 0) is 35.9 Å². The summed E-state index contributed by atoms with van der Waals surface area (Å²) in [7, 11) is -6.09. The second-order valence-corrected chi connectivity index (χ2v) is 9.24. The van der Waals surface area contributed by atoms with Crippen molar-refractivity contribution >= 4 is 15.8 Å². The maximum absolute atomic E-state index is 10.7. The Morgan fingerprint density at radius 1 is 0.917 bits per heavy atom. The predicted octanol–water partition coefficient (Wildman–Crippen LogP) is 4.08. The molecule has 2 aliphatic rings. The Morgan fingerprint density at radius 3 is 2.25 bits per heavy atom. The van der Waals surface area contributed by atoms with Crippen LogP contribution >= 0.6 is 0 Å². The molecule has 0 aromatic heterocycles. The van der Waals surface area contributed by atoms with E-state index in [4.69, 9.17) is 22.4 Å². The lowest BCUT2D eigenvalue weighted by Crippen LogP contribution is -2.28. The first kappa shape index (κ1) is 25.3. The minimum atomic E-state index is -6.09. The molecule has 0 spiro atoms. The molecule has 0 aliphatic carbocycles. The van der Waals surface area contributed by atoms with Gasteiger partial charge in [0.1, 0.15) is 6.54 Å². The molecule has 10 heteroatoms. The Balaban J connectivity index is 0.000000331. The third-order valence-electron chi connectivity index (χ3n) is 5.48. The van der Waals surface area contributed by atoms with E-state index in [1.807, 2.05) is 24.3 Å². The number of nitrogens with zero attached hydrogens (tertiary/aromatic N) is 1. The summed E-state index contributed by atoms with van der Waals surface area (Å²) >= 11 is 0. The van der Waals surface area contributed by atoms with Crippen molar-refractivity contribution in [2.45, 2.75) is 18.5 Å². The molecule has 0 bridgehead atoms. The molecule has 186 valence electrons. The first-order chi connectivity index (χ1) is 17.1. The van der Waals surface area contributed by atoms with Crippen LogP contribution in [-0.4, -0.2) is 42.1 Å². The molecule has 5 rings (SSSR count).